The zero-order valence-corrected chi connectivity index (χ0v) is 13.9. The summed E-state index contributed by atoms with van der Waals surface area (Å²) in [7, 11) is 0. The molecule has 24 heavy (non-hydrogen) atoms. The molecule has 1 N–H and O–H groups in total. The van der Waals surface area contributed by atoms with Gasteiger partial charge in [0.1, 0.15) is 12.1 Å². The highest BCUT2D eigenvalue weighted by Gasteiger charge is 2.10. The maximum Gasteiger partial charge on any atom is 0.234 e. The van der Waals surface area contributed by atoms with Crippen molar-refractivity contribution in [1.82, 2.24) is 14.8 Å². The van der Waals surface area contributed by atoms with Crippen LogP contribution in [0.3, 0.4) is 0 Å². The van der Waals surface area contributed by atoms with Gasteiger partial charge in [-0.3, -0.25) is 9.36 Å². The minimum Gasteiger partial charge on any atom is -0.325 e. The fourth-order valence-electron chi connectivity index (χ4n) is 1.99. The Morgan fingerprint density at radius 3 is 2.79 bits per heavy atom. The molecule has 0 saturated heterocycles. The molecule has 3 aromatic rings. The van der Waals surface area contributed by atoms with E-state index in [4.69, 9.17) is 11.6 Å². The average molecular weight is 363 g/mol. The molecule has 0 bridgehead atoms. The van der Waals surface area contributed by atoms with Crippen LogP contribution in [0, 0.1) is 5.82 Å². The Hall–Kier alpha value is -2.38. The van der Waals surface area contributed by atoms with E-state index in [2.05, 4.69) is 15.5 Å². The first-order valence-corrected chi connectivity index (χ1v) is 8.32. The summed E-state index contributed by atoms with van der Waals surface area (Å²) in [6.07, 6.45) is 1.56. The number of benzene rings is 2. The quantitative estimate of drug-likeness (QED) is 0.701. The molecule has 0 aliphatic rings. The number of nitrogens with zero attached hydrogens (tertiary/aromatic N) is 3. The minimum absolute atomic E-state index is 0.149. The van der Waals surface area contributed by atoms with Crippen molar-refractivity contribution in [1.29, 1.82) is 0 Å². The van der Waals surface area contributed by atoms with Crippen molar-refractivity contribution in [2.75, 3.05) is 11.1 Å². The zero-order valence-electron chi connectivity index (χ0n) is 12.3. The molecule has 2 aromatic carbocycles. The van der Waals surface area contributed by atoms with E-state index in [1.165, 1.54) is 36.0 Å². The maximum atomic E-state index is 12.8. The predicted molar refractivity (Wildman–Crippen MR) is 92.1 cm³/mol. The van der Waals surface area contributed by atoms with Gasteiger partial charge in [0.05, 0.1) is 11.4 Å². The number of hydrogen-bond donors (Lipinski definition) is 1. The third-order valence-corrected chi connectivity index (χ3v) is 4.24. The number of anilines is 1. The number of halogens is 2. The number of rotatable bonds is 5. The van der Waals surface area contributed by atoms with Gasteiger partial charge in [-0.25, -0.2) is 4.39 Å². The molecule has 0 aliphatic heterocycles. The van der Waals surface area contributed by atoms with Crippen LogP contribution >= 0.6 is 23.4 Å². The van der Waals surface area contributed by atoms with Gasteiger partial charge in [-0.2, -0.15) is 0 Å². The molecule has 0 fully saturated rings. The summed E-state index contributed by atoms with van der Waals surface area (Å²) in [6.45, 7) is 0. The Kier molecular flexibility index (Phi) is 5.12. The van der Waals surface area contributed by atoms with E-state index in [1.807, 2.05) is 12.1 Å². The third kappa shape index (κ3) is 4.12. The highest BCUT2D eigenvalue weighted by atomic mass is 35.5. The van der Waals surface area contributed by atoms with E-state index < -0.39 is 0 Å². The molecular formula is C16H12ClFN4OS. The van der Waals surface area contributed by atoms with Crippen molar-refractivity contribution in [3.8, 4) is 5.69 Å². The lowest BCUT2D eigenvalue weighted by molar-refractivity contribution is -0.113. The summed E-state index contributed by atoms with van der Waals surface area (Å²) < 4.78 is 14.6. The number of hydrogen-bond acceptors (Lipinski definition) is 4. The second-order valence-corrected chi connectivity index (χ2v) is 6.19. The average Bonchev–Trinajstić information content (AvgIpc) is 3.04. The molecule has 122 valence electrons. The molecule has 0 aliphatic carbocycles. The van der Waals surface area contributed by atoms with Crippen LogP contribution in [0.5, 0.6) is 0 Å². The van der Waals surface area contributed by atoms with Crippen LogP contribution in [0.25, 0.3) is 5.69 Å². The van der Waals surface area contributed by atoms with Crippen LogP contribution in [0.15, 0.2) is 60.0 Å². The number of aromatic nitrogens is 3. The van der Waals surface area contributed by atoms with Crippen LogP contribution in [0.2, 0.25) is 5.02 Å². The van der Waals surface area contributed by atoms with Crippen LogP contribution in [0.4, 0.5) is 10.1 Å². The van der Waals surface area contributed by atoms with Crippen LogP contribution < -0.4 is 5.32 Å². The van der Waals surface area contributed by atoms with E-state index >= 15 is 0 Å². The van der Waals surface area contributed by atoms with Crippen molar-refractivity contribution < 1.29 is 9.18 Å². The fraction of sp³-hybridized carbons (Fsp3) is 0.0625. The van der Waals surface area contributed by atoms with Crippen LogP contribution in [-0.2, 0) is 4.79 Å². The molecule has 1 heterocycles. The van der Waals surface area contributed by atoms with E-state index in [9.17, 15) is 9.18 Å². The lowest BCUT2D eigenvalue weighted by Gasteiger charge is -2.07. The zero-order chi connectivity index (χ0) is 16.9. The molecule has 5 nitrogen and oxygen atoms in total. The Balaban J connectivity index is 1.64. The summed E-state index contributed by atoms with van der Waals surface area (Å²) in [5.41, 5.74) is 1.35. The van der Waals surface area contributed by atoms with Gasteiger partial charge in [0.25, 0.3) is 0 Å². The smallest absolute Gasteiger partial charge is 0.234 e. The largest absolute Gasteiger partial charge is 0.325 e. The van der Waals surface area contributed by atoms with Gasteiger partial charge < -0.3 is 5.32 Å². The Bertz CT molecular complexity index is 853. The maximum absolute atomic E-state index is 12.8. The van der Waals surface area contributed by atoms with Crippen molar-refractivity contribution in [2.45, 2.75) is 5.16 Å². The van der Waals surface area contributed by atoms with E-state index in [0.717, 1.165) is 5.69 Å². The number of carbonyl (C=O) groups excluding carboxylic acids is 1. The highest BCUT2D eigenvalue weighted by molar-refractivity contribution is 7.99. The lowest BCUT2D eigenvalue weighted by Crippen LogP contribution is -2.14. The normalized spacial score (nSPS) is 10.6. The predicted octanol–water partition coefficient (Wildman–Crippen LogP) is 3.79. The van der Waals surface area contributed by atoms with Crippen LogP contribution in [0.1, 0.15) is 0 Å². The standard InChI is InChI=1S/C16H12ClFN4OS/c17-11-2-1-3-14(8-11)22-10-19-21-16(22)24-9-15(23)20-13-6-4-12(18)5-7-13/h1-8,10H,9H2,(H,20,23). The van der Waals surface area contributed by atoms with Gasteiger partial charge in [0.2, 0.25) is 5.91 Å². The van der Waals surface area contributed by atoms with Crippen molar-refractivity contribution in [3.05, 3.63) is 65.7 Å². The summed E-state index contributed by atoms with van der Waals surface area (Å²) in [4.78, 5) is 12.0. The first-order valence-electron chi connectivity index (χ1n) is 6.96. The summed E-state index contributed by atoms with van der Waals surface area (Å²) in [5.74, 6) is -0.416. The number of nitrogens with one attached hydrogen (secondary N) is 1. The van der Waals surface area contributed by atoms with Crippen molar-refractivity contribution in [2.24, 2.45) is 0 Å². The molecule has 0 unspecified atom stereocenters. The monoisotopic (exact) mass is 362 g/mol. The van der Waals surface area contributed by atoms with Crippen molar-refractivity contribution >= 4 is 35.0 Å². The second-order valence-electron chi connectivity index (χ2n) is 4.81. The van der Waals surface area contributed by atoms with Gasteiger partial charge in [-0.1, -0.05) is 29.4 Å². The van der Waals surface area contributed by atoms with Gasteiger partial charge in [-0.15, -0.1) is 10.2 Å². The lowest BCUT2D eigenvalue weighted by atomic mass is 10.3. The fourth-order valence-corrected chi connectivity index (χ4v) is 2.90. The topological polar surface area (TPSA) is 59.8 Å². The first kappa shape index (κ1) is 16.5. The minimum atomic E-state index is -0.350. The molecule has 0 radical (unpaired) electrons. The molecule has 0 saturated carbocycles. The SMILES string of the molecule is O=C(CSc1nncn1-c1cccc(Cl)c1)Nc1ccc(F)cc1. The highest BCUT2D eigenvalue weighted by Crippen LogP contribution is 2.21. The summed E-state index contributed by atoms with van der Waals surface area (Å²) in [6, 6.07) is 12.9. The second kappa shape index (κ2) is 7.46. The molecule has 1 amide bonds. The van der Waals surface area contributed by atoms with Crippen LogP contribution in [-0.4, -0.2) is 26.4 Å². The summed E-state index contributed by atoms with van der Waals surface area (Å²) >= 11 is 7.24. The molecule has 0 spiro atoms. The molecule has 0 atom stereocenters. The van der Waals surface area contributed by atoms with Gasteiger partial charge in [0.15, 0.2) is 5.16 Å². The molecule has 8 heteroatoms. The van der Waals surface area contributed by atoms with Gasteiger partial charge in [0, 0.05) is 10.7 Å². The number of amides is 1. The van der Waals surface area contributed by atoms with E-state index in [1.54, 1.807) is 23.0 Å². The number of carbonyl (C=O) groups is 1. The summed E-state index contributed by atoms with van der Waals surface area (Å²) in [5, 5.41) is 11.8. The van der Waals surface area contributed by atoms with Gasteiger partial charge >= 0.3 is 0 Å². The van der Waals surface area contributed by atoms with E-state index in [-0.39, 0.29) is 17.5 Å². The van der Waals surface area contributed by atoms with E-state index in [0.29, 0.717) is 15.9 Å². The van der Waals surface area contributed by atoms with Gasteiger partial charge in [-0.05, 0) is 42.5 Å². The Morgan fingerprint density at radius 2 is 2.04 bits per heavy atom. The Labute approximate surface area is 146 Å². The molecular weight excluding hydrogens is 351 g/mol. The Morgan fingerprint density at radius 1 is 1.25 bits per heavy atom. The molecule has 3 rings (SSSR count). The first-order chi connectivity index (χ1) is 11.6. The third-order valence-electron chi connectivity index (χ3n) is 3.06. The van der Waals surface area contributed by atoms with Crippen molar-refractivity contribution in [3.63, 3.8) is 0 Å². The number of thioether (sulfide) groups is 1. The molecule has 1 aromatic heterocycles.